The Bertz CT molecular complexity index is 762. The van der Waals surface area contributed by atoms with E-state index in [1.165, 1.54) is 24.0 Å². The van der Waals surface area contributed by atoms with E-state index in [1.54, 1.807) is 7.11 Å². The van der Waals surface area contributed by atoms with E-state index < -0.39 is 0 Å². The zero-order valence-corrected chi connectivity index (χ0v) is 16.0. The van der Waals surface area contributed by atoms with Gasteiger partial charge in [-0.05, 0) is 67.5 Å². The van der Waals surface area contributed by atoms with Gasteiger partial charge in [-0.15, -0.1) is 0 Å². The molecule has 0 unspecified atom stereocenters. The van der Waals surface area contributed by atoms with Gasteiger partial charge in [0.2, 0.25) is 0 Å². The van der Waals surface area contributed by atoms with Crippen LogP contribution in [0.3, 0.4) is 0 Å². The summed E-state index contributed by atoms with van der Waals surface area (Å²) in [6.45, 7) is 2.01. The largest absolute Gasteiger partial charge is 0.497 e. The molecule has 0 aliphatic heterocycles. The number of hydrogen-bond acceptors (Lipinski definition) is 3. The Kier molecular flexibility index (Phi) is 5.44. The van der Waals surface area contributed by atoms with Crippen LogP contribution in [-0.4, -0.2) is 36.5 Å². The molecule has 2 aliphatic rings. The van der Waals surface area contributed by atoms with Crippen LogP contribution in [-0.2, 0) is 13.0 Å². The van der Waals surface area contributed by atoms with Crippen LogP contribution >= 0.6 is 0 Å². The van der Waals surface area contributed by atoms with E-state index >= 15 is 0 Å². The van der Waals surface area contributed by atoms with E-state index in [2.05, 4.69) is 34.5 Å². The molecule has 0 aromatic heterocycles. The molecule has 2 aromatic rings. The molecule has 27 heavy (non-hydrogen) atoms. The van der Waals surface area contributed by atoms with Crippen molar-refractivity contribution in [1.29, 1.82) is 0 Å². The van der Waals surface area contributed by atoms with Crippen LogP contribution in [0, 0.1) is 0 Å². The molecule has 0 saturated heterocycles. The summed E-state index contributed by atoms with van der Waals surface area (Å²) in [5, 5.41) is 3.05. The summed E-state index contributed by atoms with van der Waals surface area (Å²) in [4.78, 5) is 14.7. The first-order valence-corrected chi connectivity index (χ1v) is 9.98. The van der Waals surface area contributed by atoms with Gasteiger partial charge in [0.25, 0.3) is 5.91 Å². The third-order valence-electron chi connectivity index (χ3n) is 5.42. The molecule has 2 fully saturated rings. The highest BCUT2D eigenvalue weighted by molar-refractivity contribution is 5.94. The number of carbonyl (C=O) groups excluding carboxylic acids is 1. The monoisotopic (exact) mass is 364 g/mol. The van der Waals surface area contributed by atoms with Crippen molar-refractivity contribution >= 4 is 5.91 Å². The molecule has 1 amide bonds. The average molecular weight is 364 g/mol. The first kappa shape index (κ1) is 18.1. The Morgan fingerprint density at radius 1 is 1.00 bits per heavy atom. The summed E-state index contributed by atoms with van der Waals surface area (Å²) in [6, 6.07) is 17.6. The second-order valence-corrected chi connectivity index (χ2v) is 7.74. The minimum Gasteiger partial charge on any atom is -0.497 e. The van der Waals surface area contributed by atoms with Gasteiger partial charge in [0.15, 0.2) is 0 Å². The predicted molar refractivity (Wildman–Crippen MR) is 107 cm³/mol. The fourth-order valence-corrected chi connectivity index (χ4v) is 3.39. The SMILES string of the molecule is COc1ccc(CCN(Cc2ccc(C(=O)NC3CC3)cc2)C2CC2)cc1. The molecule has 4 heteroatoms. The van der Waals surface area contributed by atoms with Crippen molar-refractivity contribution in [3.63, 3.8) is 0 Å². The van der Waals surface area contributed by atoms with E-state index in [9.17, 15) is 4.79 Å². The van der Waals surface area contributed by atoms with Gasteiger partial charge in [-0.1, -0.05) is 24.3 Å². The summed E-state index contributed by atoms with van der Waals surface area (Å²) >= 11 is 0. The van der Waals surface area contributed by atoms with Crippen molar-refractivity contribution in [3.05, 3.63) is 65.2 Å². The molecule has 0 spiro atoms. The second kappa shape index (κ2) is 8.13. The summed E-state index contributed by atoms with van der Waals surface area (Å²) in [5.74, 6) is 0.964. The molecule has 4 rings (SSSR count). The topological polar surface area (TPSA) is 41.6 Å². The highest BCUT2D eigenvalue weighted by Crippen LogP contribution is 2.28. The summed E-state index contributed by atoms with van der Waals surface area (Å²) < 4.78 is 5.23. The maximum Gasteiger partial charge on any atom is 0.251 e. The maximum atomic E-state index is 12.1. The van der Waals surface area contributed by atoms with Gasteiger partial charge in [0.1, 0.15) is 5.75 Å². The number of benzene rings is 2. The van der Waals surface area contributed by atoms with E-state index in [4.69, 9.17) is 4.74 Å². The van der Waals surface area contributed by atoms with Gasteiger partial charge < -0.3 is 10.1 Å². The van der Waals surface area contributed by atoms with Crippen molar-refractivity contribution in [2.24, 2.45) is 0 Å². The molecular weight excluding hydrogens is 336 g/mol. The molecule has 2 aromatic carbocycles. The fraction of sp³-hybridized carbons (Fsp3) is 0.435. The second-order valence-electron chi connectivity index (χ2n) is 7.74. The predicted octanol–water partition coefficient (Wildman–Crippen LogP) is 3.79. The van der Waals surface area contributed by atoms with Gasteiger partial charge in [0, 0.05) is 30.7 Å². The van der Waals surface area contributed by atoms with Crippen LogP contribution in [0.15, 0.2) is 48.5 Å². The standard InChI is InChI=1S/C23H28N2O2/c1-27-22-12-4-17(5-13-22)14-15-25(21-10-11-21)16-18-2-6-19(7-3-18)23(26)24-20-8-9-20/h2-7,12-13,20-21H,8-11,14-16H2,1H3,(H,24,26). The first-order valence-electron chi connectivity index (χ1n) is 9.98. The zero-order chi connectivity index (χ0) is 18.6. The van der Waals surface area contributed by atoms with Crippen LogP contribution in [0.1, 0.15) is 47.2 Å². The number of hydrogen-bond donors (Lipinski definition) is 1. The van der Waals surface area contributed by atoms with Gasteiger partial charge in [0.05, 0.1) is 7.11 Å². The molecule has 0 bridgehead atoms. The fourth-order valence-electron chi connectivity index (χ4n) is 3.39. The zero-order valence-electron chi connectivity index (χ0n) is 16.0. The lowest BCUT2D eigenvalue weighted by Gasteiger charge is -2.22. The molecule has 4 nitrogen and oxygen atoms in total. The van der Waals surface area contributed by atoms with E-state index in [0.29, 0.717) is 12.1 Å². The molecule has 142 valence electrons. The van der Waals surface area contributed by atoms with Gasteiger partial charge in [-0.2, -0.15) is 0 Å². The molecule has 2 saturated carbocycles. The van der Waals surface area contributed by atoms with Crippen LogP contribution < -0.4 is 10.1 Å². The van der Waals surface area contributed by atoms with E-state index in [0.717, 1.165) is 43.7 Å². The number of amides is 1. The maximum absolute atomic E-state index is 12.1. The van der Waals surface area contributed by atoms with Crippen LogP contribution in [0.4, 0.5) is 0 Å². The number of rotatable bonds is 9. The lowest BCUT2D eigenvalue weighted by atomic mass is 10.1. The molecule has 0 radical (unpaired) electrons. The lowest BCUT2D eigenvalue weighted by Crippen LogP contribution is -2.28. The summed E-state index contributed by atoms with van der Waals surface area (Å²) in [6.07, 6.45) is 5.88. The third kappa shape index (κ3) is 5.10. The third-order valence-corrected chi connectivity index (χ3v) is 5.42. The van der Waals surface area contributed by atoms with Crippen LogP contribution in [0.2, 0.25) is 0 Å². The van der Waals surface area contributed by atoms with E-state index in [-0.39, 0.29) is 5.91 Å². The van der Waals surface area contributed by atoms with Crippen molar-refractivity contribution in [3.8, 4) is 5.75 Å². The first-order chi connectivity index (χ1) is 13.2. The molecular formula is C23H28N2O2. The highest BCUT2D eigenvalue weighted by Gasteiger charge is 2.28. The average Bonchev–Trinajstić information content (AvgIpc) is 3.60. The highest BCUT2D eigenvalue weighted by atomic mass is 16.5. The number of carbonyl (C=O) groups is 1. The molecule has 0 heterocycles. The Balaban J connectivity index is 1.32. The number of methoxy groups -OCH3 is 1. The molecule has 0 atom stereocenters. The van der Waals surface area contributed by atoms with Gasteiger partial charge >= 0.3 is 0 Å². The minimum atomic E-state index is 0.0580. The van der Waals surface area contributed by atoms with Crippen molar-refractivity contribution < 1.29 is 9.53 Å². The quantitative estimate of drug-likeness (QED) is 0.736. The normalized spacial score (nSPS) is 16.4. The van der Waals surface area contributed by atoms with Crippen LogP contribution in [0.25, 0.3) is 0 Å². The summed E-state index contributed by atoms with van der Waals surface area (Å²) in [7, 11) is 1.70. The van der Waals surface area contributed by atoms with Gasteiger partial charge in [-0.25, -0.2) is 0 Å². The number of ether oxygens (including phenoxy) is 1. The summed E-state index contributed by atoms with van der Waals surface area (Å²) in [5.41, 5.74) is 3.38. The molecule has 2 aliphatic carbocycles. The Hall–Kier alpha value is -2.33. The van der Waals surface area contributed by atoms with Crippen molar-refractivity contribution in [2.75, 3.05) is 13.7 Å². The Labute approximate surface area is 161 Å². The van der Waals surface area contributed by atoms with Gasteiger partial charge in [-0.3, -0.25) is 9.69 Å². The number of nitrogens with one attached hydrogen (secondary N) is 1. The minimum absolute atomic E-state index is 0.0580. The smallest absolute Gasteiger partial charge is 0.251 e. The van der Waals surface area contributed by atoms with Crippen molar-refractivity contribution in [1.82, 2.24) is 10.2 Å². The Morgan fingerprint density at radius 2 is 1.67 bits per heavy atom. The molecule has 1 N–H and O–H groups in total. The van der Waals surface area contributed by atoms with E-state index in [1.807, 2.05) is 24.3 Å². The van der Waals surface area contributed by atoms with Crippen LogP contribution in [0.5, 0.6) is 5.75 Å². The number of nitrogens with zero attached hydrogens (tertiary/aromatic N) is 1. The Morgan fingerprint density at radius 3 is 2.26 bits per heavy atom. The lowest BCUT2D eigenvalue weighted by molar-refractivity contribution is 0.0951. The van der Waals surface area contributed by atoms with Crippen molar-refractivity contribution in [2.45, 2.75) is 50.7 Å².